The van der Waals surface area contributed by atoms with Crippen LogP contribution in [-0.4, -0.2) is 26.1 Å². The van der Waals surface area contributed by atoms with Crippen molar-refractivity contribution in [3.63, 3.8) is 0 Å². The number of thiophene rings is 1. The number of thioether (sulfide) groups is 1. The van der Waals surface area contributed by atoms with Gasteiger partial charge in [0.25, 0.3) is 5.56 Å². The van der Waals surface area contributed by atoms with Gasteiger partial charge in [-0.15, -0.1) is 17.9 Å². The third-order valence-electron chi connectivity index (χ3n) is 3.09. The van der Waals surface area contributed by atoms with Crippen molar-refractivity contribution < 1.29 is 4.79 Å². The molecule has 112 valence electrons. The average molecular weight is 331 g/mol. The van der Waals surface area contributed by atoms with Gasteiger partial charge in [-0.3, -0.25) is 14.2 Å². The summed E-state index contributed by atoms with van der Waals surface area (Å²) in [5, 5.41) is 2.99. The molecular weight excluding hydrogens is 318 g/mol. The Labute approximate surface area is 134 Å². The molecule has 3 aromatic heterocycles. The normalized spacial score (nSPS) is 10.9. The van der Waals surface area contributed by atoms with Crippen LogP contribution >= 0.6 is 23.1 Å². The molecule has 0 fully saturated rings. The average Bonchev–Trinajstić information content (AvgIpc) is 3.18. The minimum atomic E-state index is -0.0963. The number of ketones is 1. The van der Waals surface area contributed by atoms with E-state index in [1.165, 1.54) is 23.1 Å². The quantitative estimate of drug-likeness (QED) is 0.326. The zero-order chi connectivity index (χ0) is 15.5. The SMILES string of the molecule is C=CCn1c(SCC(=O)c2ccc[nH]2)nc2sccc2c1=O. The number of Topliss-reactive ketones (excluding diaryl/α,β-unsaturated/α-hetero) is 1. The van der Waals surface area contributed by atoms with Crippen molar-refractivity contribution in [2.75, 3.05) is 5.75 Å². The lowest BCUT2D eigenvalue weighted by atomic mass is 10.3. The topological polar surface area (TPSA) is 67.8 Å². The number of aromatic amines is 1. The van der Waals surface area contributed by atoms with Crippen molar-refractivity contribution in [2.45, 2.75) is 11.7 Å². The van der Waals surface area contributed by atoms with Crippen molar-refractivity contribution >= 4 is 39.1 Å². The fourth-order valence-corrected chi connectivity index (χ4v) is 3.74. The molecule has 3 heterocycles. The summed E-state index contributed by atoms with van der Waals surface area (Å²) >= 11 is 2.69. The largest absolute Gasteiger partial charge is 0.359 e. The Morgan fingerprint density at radius 1 is 1.50 bits per heavy atom. The Morgan fingerprint density at radius 3 is 3.09 bits per heavy atom. The summed E-state index contributed by atoms with van der Waals surface area (Å²) in [7, 11) is 0. The third-order valence-corrected chi connectivity index (χ3v) is 4.87. The number of H-pyrrole nitrogens is 1. The lowest BCUT2D eigenvalue weighted by Crippen LogP contribution is -2.22. The van der Waals surface area contributed by atoms with Crippen LogP contribution in [0.25, 0.3) is 10.2 Å². The van der Waals surface area contributed by atoms with Crippen LogP contribution in [0.3, 0.4) is 0 Å². The highest BCUT2D eigenvalue weighted by molar-refractivity contribution is 7.99. The summed E-state index contributed by atoms with van der Waals surface area (Å²) in [4.78, 5) is 32.6. The van der Waals surface area contributed by atoms with Crippen LogP contribution < -0.4 is 5.56 Å². The van der Waals surface area contributed by atoms with Crippen molar-refractivity contribution in [2.24, 2.45) is 0 Å². The van der Waals surface area contributed by atoms with Crippen LogP contribution in [0.4, 0.5) is 0 Å². The van der Waals surface area contributed by atoms with Gasteiger partial charge in [-0.25, -0.2) is 4.98 Å². The third kappa shape index (κ3) is 2.77. The maximum atomic E-state index is 12.5. The van der Waals surface area contributed by atoms with E-state index < -0.39 is 0 Å². The lowest BCUT2D eigenvalue weighted by molar-refractivity contribution is 0.101. The first-order valence-corrected chi connectivity index (χ1v) is 8.45. The molecule has 5 nitrogen and oxygen atoms in total. The molecule has 0 aliphatic carbocycles. The second-order valence-corrected chi connectivity index (χ2v) is 6.37. The van der Waals surface area contributed by atoms with Gasteiger partial charge in [-0.05, 0) is 23.6 Å². The molecule has 0 saturated heterocycles. The Kier molecular flexibility index (Phi) is 4.26. The number of rotatable bonds is 6. The van der Waals surface area contributed by atoms with E-state index in [0.29, 0.717) is 27.6 Å². The van der Waals surface area contributed by atoms with Gasteiger partial charge in [0.2, 0.25) is 0 Å². The maximum absolute atomic E-state index is 12.5. The number of nitrogens with zero attached hydrogens (tertiary/aromatic N) is 2. The number of hydrogen-bond acceptors (Lipinski definition) is 5. The summed E-state index contributed by atoms with van der Waals surface area (Å²) in [6, 6.07) is 5.28. The Morgan fingerprint density at radius 2 is 2.36 bits per heavy atom. The maximum Gasteiger partial charge on any atom is 0.263 e. The minimum Gasteiger partial charge on any atom is -0.359 e. The first-order valence-electron chi connectivity index (χ1n) is 6.59. The highest BCUT2D eigenvalue weighted by Crippen LogP contribution is 2.21. The summed E-state index contributed by atoms with van der Waals surface area (Å²) in [5.74, 6) is 0.196. The van der Waals surface area contributed by atoms with Crippen LogP contribution in [0.1, 0.15) is 10.5 Å². The first-order chi connectivity index (χ1) is 10.7. The predicted octanol–water partition coefficient (Wildman–Crippen LogP) is 2.95. The number of aromatic nitrogens is 3. The lowest BCUT2D eigenvalue weighted by Gasteiger charge is -2.09. The second kappa shape index (κ2) is 6.33. The molecule has 3 aromatic rings. The number of nitrogens with one attached hydrogen (secondary N) is 1. The van der Waals surface area contributed by atoms with Crippen LogP contribution in [0, 0.1) is 0 Å². The van der Waals surface area contributed by atoms with Crippen LogP contribution in [0.15, 0.2) is 52.4 Å². The molecule has 0 aliphatic rings. The summed E-state index contributed by atoms with van der Waals surface area (Å²) in [6.45, 7) is 4.05. The van der Waals surface area contributed by atoms with E-state index in [2.05, 4.69) is 16.5 Å². The monoisotopic (exact) mass is 331 g/mol. The highest BCUT2D eigenvalue weighted by atomic mass is 32.2. The van der Waals surface area contributed by atoms with Crippen molar-refractivity contribution in [1.29, 1.82) is 0 Å². The molecule has 0 saturated carbocycles. The van der Waals surface area contributed by atoms with Gasteiger partial charge < -0.3 is 4.98 Å². The number of carbonyl (C=O) groups is 1. The molecule has 0 atom stereocenters. The second-order valence-electron chi connectivity index (χ2n) is 4.53. The minimum absolute atomic E-state index is 0.0271. The summed E-state index contributed by atoms with van der Waals surface area (Å²) in [6.07, 6.45) is 3.36. The zero-order valence-corrected chi connectivity index (χ0v) is 13.2. The number of carbonyl (C=O) groups excluding carboxylic acids is 1. The molecule has 7 heteroatoms. The molecule has 1 N–H and O–H groups in total. The Bertz CT molecular complexity index is 878. The van der Waals surface area contributed by atoms with E-state index in [1.54, 1.807) is 35.0 Å². The van der Waals surface area contributed by atoms with Crippen LogP contribution in [-0.2, 0) is 6.54 Å². The van der Waals surface area contributed by atoms with E-state index in [1.807, 2.05) is 5.38 Å². The number of allylic oxidation sites excluding steroid dienone is 1. The molecule has 0 bridgehead atoms. The van der Waals surface area contributed by atoms with Gasteiger partial charge in [0.05, 0.1) is 16.8 Å². The van der Waals surface area contributed by atoms with Gasteiger partial charge in [0, 0.05) is 12.7 Å². The van der Waals surface area contributed by atoms with E-state index in [0.717, 1.165) is 0 Å². The molecule has 0 amide bonds. The molecule has 22 heavy (non-hydrogen) atoms. The van der Waals surface area contributed by atoms with Crippen LogP contribution in [0.2, 0.25) is 0 Å². The zero-order valence-electron chi connectivity index (χ0n) is 11.6. The first kappa shape index (κ1) is 14.8. The van der Waals surface area contributed by atoms with Crippen molar-refractivity contribution in [1.82, 2.24) is 14.5 Å². The van der Waals surface area contributed by atoms with Gasteiger partial charge in [0.15, 0.2) is 10.9 Å². The van der Waals surface area contributed by atoms with E-state index in [-0.39, 0.29) is 17.1 Å². The molecular formula is C15H13N3O2S2. The van der Waals surface area contributed by atoms with E-state index in [9.17, 15) is 9.59 Å². The predicted molar refractivity (Wildman–Crippen MR) is 89.9 cm³/mol. The van der Waals surface area contributed by atoms with Gasteiger partial charge in [-0.2, -0.15) is 0 Å². The molecule has 0 spiro atoms. The van der Waals surface area contributed by atoms with Crippen molar-refractivity contribution in [3.8, 4) is 0 Å². The standard InChI is InChI=1S/C15H13N3O2S2/c1-2-7-18-14(20)10-5-8-21-13(10)17-15(18)22-9-12(19)11-4-3-6-16-11/h2-6,8,16H,1,7,9H2. The van der Waals surface area contributed by atoms with Gasteiger partial charge in [0.1, 0.15) is 4.83 Å². The fraction of sp³-hybridized carbons (Fsp3) is 0.133. The van der Waals surface area contributed by atoms with E-state index >= 15 is 0 Å². The molecule has 0 radical (unpaired) electrons. The summed E-state index contributed by atoms with van der Waals surface area (Å²) < 4.78 is 1.55. The highest BCUT2D eigenvalue weighted by Gasteiger charge is 2.14. The number of hydrogen-bond donors (Lipinski definition) is 1. The molecule has 0 aromatic carbocycles. The van der Waals surface area contributed by atoms with Crippen LogP contribution in [0.5, 0.6) is 0 Å². The summed E-state index contributed by atoms with van der Waals surface area (Å²) in [5.41, 5.74) is 0.461. The number of fused-ring (bicyclic) bond motifs is 1. The molecule has 0 unspecified atom stereocenters. The Balaban J connectivity index is 1.92. The fourth-order valence-electron chi connectivity index (χ4n) is 2.04. The van der Waals surface area contributed by atoms with Gasteiger partial charge >= 0.3 is 0 Å². The van der Waals surface area contributed by atoms with E-state index in [4.69, 9.17) is 0 Å². The molecule has 0 aliphatic heterocycles. The van der Waals surface area contributed by atoms with Gasteiger partial charge in [-0.1, -0.05) is 17.8 Å². The molecule has 3 rings (SSSR count). The Hall–Kier alpha value is -2.12. The smallest absolute Gasteiger partial charge is 0.263 e. The van der Waals surface area contributed by atoms with Crippen molar-refractivity contribution in [3.05, 3.63) is 58.5 Å².